The molecule has 0 aliphatic rings. The van der Waals surface area contributed by atoms with Gasteiger partial charge in [-0.1, -0.05) is 13.8 Å². The van der Waals surface area contributed by atoms with Crippen LogP contribution >= 0.6 is 0 Å². The van der Waals surface area contributed by atoms with E-state index in [2.05, 4.69) is 0 Å². The molecule has 0 amide bonds. The number of hydrogen-bond donors (Lipinski definition) is 0. The third kappa shape index (κ3) is 49.8. The Hall–Kier alpha value is -0.338. The van der Waals surface area contributed by atoms with Crippen molar-refractivity contribution in [2.75, 3.05) is 0 Å². The average Bonchev–Trinajstić information content (AvgIpc) is 1.79. The molecular weight excluding hydrogens is 441 g/mol. The molecule has 0 bridgehead atoms. The van der Waals surface area contributed by atoms with Gasteiger partial charge in [0.05, 0.1) is 0 Å². The van der Waals surface area contributed by atoms with Crippen LogP contribution in [0.15, 0.2) is 23.7 Å². The fraction of sp³-hybridized carbons (Fsp3) is 0.400. The first-order chi connectivity index (χ1) is 6.25. The number of halogens is 2. The standard InChI is InChI=1S/2C5H8O2.2ClH.Re/c2*1-4(6)3-5(2)7;;;/h2*3,6H,1-2H3;2*1H;/p-4/b2*4-3-;;;. The molecular formula is C10H14Cl2O4Re-4. The van der Waals surface area contributed by atoms with Crippen molar-refractivity contribution in [3.8, 4) is 0 Å². The van der Waals surface area contributed by atoms with E-state index in [1.165, 1.54) is 27.7 Å². The SMILES string of the molecule is CC(=O)/C=C(/C)[O-].CC(=O)/C=C(/C)[O-].[Cl-].[Cl-].[Re]. The number of ketones is 2. The van der Waals surface area contributed by atoms with Crippen molar-refractivity contribution in [3.63, 3.8) is 0 Å². The Morgan fingerprint density at radius 2 is 0.941 bits per heavy atom. The molecule has 1 radical (unpaired) electrons. The van der Waals surface area contributed by atoms with Crippen LogP contribution in [0.3, 0.4) is 0 Å². The van der Waals surface area contributed by atoms with E-state index in [1.54, 1.807) is 0 Å². The van der Waals surface area contributed by atoms with Gasteiger partial charge in [-0.05, 0) is 26.0 Å². The Morgan fingerprint density at radius 3 is 0.941 bits per heavy atom. The fourth-order valence-electron chi connectivity index (χ4n) is 0.572. The maximum absolute atomic E-state index is 9.98. The van der Waals surface area contributed by atoms with E-state index < -0.39 is 0 Å². The molecule has 0 saturated carbocycles. The quantitative estimate of drug-likeness (QED) is 0.307. The summed E-state index contributed by atoms with van der Waals surface area (Å²) in [5.41, 5.74) is 0. The van der Waals surface area contributed by atoms with E-state index in [0.717, 1.165) is 12.2 Å². The first-order valence-electron chi connectivity index (χ1n) is 3.97. The molecule has 4 nitrogen and oxygen atoms in total. The van der Waals surface area contributed by atoms with Crippen molar-refractivity contribution in [2.24, 2.45) is 0 Å². The topological polar surface area (TPSA) is 80.3 Å². The van der Waals surface area contributed by atoms with E-state index in [4.69, 9.17) is 0 Å². The minimum absolute atomic E-state index is 0. The predicted octanol–water partition coefficient (Wildman–Crippen LogP) is -6.32. The number of carbonyl (C=O) groups excluding carboxylic acids is 2. The molecule has 103 valence electrons. The predicted molar refractivity (Wildman–Crippen MR) is 48.9 cm³/mol. The molecule has 7 heteroatoms. The summed E-state index contributed by atoms with van der Waals surface area (Å²) in [6.45, 7) is 5.39. The summed E-state index contributed by atoms with van der Waals surface area (Å²) in [6, 6.07) is 0. The molecule has 0 aromatic carbocycles. The van der Waals surface area contributed by atoms with Crippen molar-refractivity contribution in [3.05, 3.63) is 23.7 Å². The molecule has 0 aliphatic carbocycles. The van der Waals surface area contributed by atoms with Crippen LogP contribution in [-0.4, -0.2) is 11.6 Å². The third-order valence-electron chi connectivity index (χ3n) is 0.813. The summed E-state index contributed by atoms with van der Waals surface area (Å²) in [7, 11) is 0. The van der Waals surface area contributed by atoms with Gasteiger partial charge in [-0.3, -0.25) is 9.59 Å². The zero-order chi connectivity index (χ0) is 11.7. The Morgan fingerprint density at radius 1 is 0.765 bits per heavy atom. The molecule has 0 aromatic rings. The molecule has 0 atom stereocenters. The van der Waals surface area contributed by atoms with Crippen LogP contribution < -0.4 is 35.0 Å². The average molecular weight is 455 g/mol. The summed E-state index contributed by atoms with van der Waals surface area (Å²) < 4.78 is 0. The molecule has 0 saturated heterocycles. The van der Waals surface area contributed by atoms with Crippen LogP contribution in [-0.2, 0) is 30.0 Å². The summed E-state index contributed by atoms with van der Waals surface area (Å²) in [5.74, 6) is -0.750. The molecule has 0 aliphatic heterocycles. The van der Waals surface area contributed by atoms with E-state index in [-0.39, 0.29) is 68.3 Å². The van der Waals surface area contributed by atoms with Gasteiger partial charge in [-0.2, -0.15) is 0 Å². The van der Waals surface area contributed by atoms with Crippen LogP contribution in [0.1, 0.15) is 27.7 Å². The van der Waals surface area contributed by atoms with Gasteiger partial charge in [0.2, 0.25) is 0 Å². The molecule has 0 fully saturated rings. The summed E-state index contributed by atoms with van der Waals surface area (Å²) in [4.78, 5) is 20.0. The van der Waals surface area contributed by atoms with Gasteiger partial charge in [-0.15, -0.1) is 11.5 Å². The summed E-state index contributed by atoms with van der Waals surface area (Å²) in [5, 5.41) is 20.0. The Labute approximate surface area is 128 Å². The normalized spacial score (nSPS) is 9.41. The molecule has 0 heterocycles. The zero-order valence-electron chi connectivity index (χ0n) is 9.92. The van der Waals surface area contributed by atoms with Gasteiger partial charge >= 0.3 is 0 Å². The maximum atomic E-state index is 9.98. The van der Waals surface area contributed by atoms with Gasteiger partial charge < -0.3 is 35.0 Å². The minimum atomic E-state index is -0.187. The van der Waals surface area contributed by atoms with Crippen LogP contribution in [0.2, 0.25) is 0 Å². The number of carbonyl (C=O) groups is 2. The fourth-order valence-corrected chi connectivity index (χ4v) is 0.572. The van der Waals surface area contributed by atoms with Gasteiger partial charge in [-0.25, -0.2) is 0 Å². The Kier molecular flexibility index (Phi) is 31.9. The summed E-state index contributed by atoms with van der Waals surface area (Å²) in [6.07, 6.45) is 2.11. The molecule has 17 heavy (non-hydrogen) atoms. The largest absolute Gasteiger partial charge is 1.00 e. The maximum Gasteiger partial charge on any atom is 0.151 e. The molecule has 0 N–H and O–H groups in total. The van der Waals surface area contributed by atoms with Crippen molar-refractivity contribution < 1.29 is 65.0 Å². The molecule has 0 spiro atoms. The molecule has 0 aromatic heterocycles. The zero-order valence-corrected chi connectivity index (χ0v) is 14.1. The molecule has 0 unspecified atom stereocenters. The monoisotopic (exact) mass is 455 g/mol. The van der Waals surface area contributed by atoms with Gasteiger partial charge in [0.25, 0.3) is 0 Å². The van der Waals surface area contributed by atoms with E-state index in [1.807, 2.05) is 0 Å². The van der Waals surface area contributed by atoms with Crippen molar-refractivity contribution >= 4 is 11.6 Å². The third-order valence-corrected chi connectivity index (χ3v) is 0.813. The Balaban J connectivity index is -0.0000000480. The second kappa shape index (κ2) is 18.0. The number of rotatable bonds is 2. The van der Waals surface area contributed by atoms with E-state index in [9.17, 15) is 19.8 Å². The smallest absolute Gasteiger partial charge is 0.151 e. The number of hydrogen-bond acceptors (Lipinski definition) is 4. The number of allylic oxidation sites excluding steroid dienone is 4. The van der Waals surface area contributed by atoms with Crippen LogP contribution in [0.4, 0.5) is 0 Å². The Bertz CT molecular complexity index is 239. The van der Waals surface area contributed by atoms with Gasteiger partial charge in [0, 0.05) is 20.4 Å². The van der Waals surface area contributed by atoms with Gasteiger partial charge in [0.1, 0.15) is 0 Å². The van der Waals surface area contributed by atoms with E-state index in [0.29, 0.717) is 0 Å². The van der Waals surface area contributed by atoms with Crippen LogP contribution in [0.25, 0.3) is 0 Å². The van der Waals surface area contributed by atoms with Gasteiger partial charge in [0.15, 0.2) is 11.6 Å². The summed E-state index contributed by atoms with van der Waals surface area (Å²) >= 11 is 0. The minimum Gasteiger partial charge on any atom is -1.00 e. The van der Waals surface area contributed by atoms with Crippen LogP contribution in [0.5, 0.6) is 0 Å². The first-order valence-corrected chi connectivity index (χ1v) is 3.97. The van der Waals surface area contributed by atoms with Crippen molar-refractivity contribution in [1.29, 1.82) is 0 Å². The van der Waals surface area contributed by atoms with E-state index >= 15 is 0 Å². The second-order valence-electron chi connectivity index (χ2n) is 2.73. The second-order valence-corrected chi connectivity index (χ2v) is 2.73. The first kappa shape index (κ1) is 30.1. The van der Waals surface area contributed by atoms with Crippen molar-refractivity contribution in [1.82, 2.24) is 0 Å². The van der Waals surface area contributed by atoms with Crippen LogP contribution in [0, 0.1) is 0 Å². The van der Waals surface area contributed by atoms with Crippen molar-refractivity contribution in [2.45, 2.75) is 27.7 Å². The molecule has 0 rings (SSSR count).